The van der Waals surface area contributed by atoms with Crippen LogP contribution >= 0.6 is 0 Å². The third-order valence-electron chi connectivity index (χ3n) is 3.16. The minimum atomic E-state index is 0.300. The Balaban J connectivity index is 3.33. The van der Waals surface area contributed by atoms with Gasteiger partial charge in [0, 0.05) is 0 Å². The van der Waals surface area contributed by atoms with Crippen LogP contribution in [0.5, 0.6) is 0 Å². The lowest BCUT2D eigenvalue weighted by Crippen LogP contribution is -2.03. The second-order valence-corrected chi connectivity index (χ2v) is 4.99. The number of aromatic amines is 1. The molecule has 1 aromatic heterocycles. The maximum Gasteiger partial charge on any atom is 0.166 e. The van der Waals surface area contributed by atoms with Gasteiger partial charge in [-0.1, -0.05) is 27.7 Å². The van der Waals surface area contributed by atoms with E-state index in [9.17, 15) is 9.59 Å². The molecule has 0 fully saturated rings. The van der Waals surface area contributed by atoms with Gasteiger partial charge in [0.2, 0.25) is 0 Å². The molecule has 1 heterocycles. The molecule has 1 unspecified atom stereocenters. The first kappa shape index (κ1) is 13.7. The van der Waals surface area contributed by atoms with Gasteiger partial charge in [0.05, 0.1) is 11.4 Å². The Morgan fingerprint density at radius 2 is 1.71 bits per heavy atom. The molecular weight excluding hydrogens is 214 g/mol. The highest BCUT2D eigenvalue weighted by Gasteiger charge is 2.20. The summed E-state index contributed by atoms with van der Waals surface area (Å²) in [6.45, 7) is 8.41. The number of aldehydes is 2. The van der Waals surface area contributed by atoms with Crippen molar-refractivity contribution < 1.29 is 9.59 Å². The third kappa shape index (κ3) is 2.84. The smallest absolute Gasteiger partial charge is 0.166 e. The third-order valence-corrected chi connectivity index (χ3v) is 3.16. The lowest BCUT2D eigenvalue weighted by atomic mass is 9.90. The minimum Gasteiger partial charge on any atom is -0.350 e. The Labute approximate surface area is 103 Å². The van der Waals surface area contributed by atoms with Crippen LogP contribution < -0.4 is 0 Å². The molecule has 0 radical (unpaired) electrons. The molecule has 1 atom stereocenters. The van der Waals surface area contributed by atoms with E-state index in [1.807, 2.05) is 0 Å². The van der Waals surface area contributed by atoms with E-state index in [0.717, 1.165) is 36.5 Å². The molecule has 0 aromatic carbocycles. The van der Waals surface area contributed by atoms with Crippen LogP contribution in [-0.2, 0) is 6.42 Å². The summed E-state index contributed by atoms with van der Waals surface area (Å²) < 4.78 is 0. The predicted molar refractivity (Wildman–Crippen MR) is 68.8 cm³/mol. The van der Waals surface area contributed by atoms with Gasteiger partial charge in [-0.25, -0.2) is 0 Å². The average Bonchev–Trinajstić information content (AvgIpc) is 2.65. The molecule has 1 N–H and O–H groups in total. The van der Waals surface area contributed by atoms with Crippen molar-refractivity contribution in [1.29, 1.82) is 0 Å². The molecule has 0 aliphatic heterocycles. The largest absolute Gasteiger partial charge is 0.350 e. The number of carbonyl (C=O) groups excluding carboxylic acids is 2. The summed E-state index contributed by atoms with van der Waals surface area (Å²) in [6.07, 6.45) is 3.43. The highest BCUT2D eigenvalue weighted by molar-refractivity contribution is 5.83. The van der Waals surface area contributed by atoms with E-state index in [0.29, 0.717) is 23.2 Å². The fraction of sp³-hybridized carbons (Fsp3) is 0.571. The highest BCUT2D eigenvalue weighted by Crippen LogP contribution is 2.29. The Morgan fingerprint density at radius 1 is 1.12 bits per heavy atom. The number of nitrogens with one attached hydrogen (secondary N) is 1. The minimum absolute atomic E-state index is 0.300. The Hall–Kier alpha value is -1.38. The van der Waals surface area contributed by atoms with E-state index >= 15 is 0 Å². The SMILES string of the molecule is CCC(C)c1c(C=O)[nH]c(C=O)c1CC(C)C. The van der Waals surface area contributed by atoms with E-state index in [1.165, 1.54) is 0 Å². The van der Waals surface area contributed by atoms with Crippen molar-refractivity contribution in [3.05, 3.63) is 22.5 Å². The number of hydrogen-bond donors (Lipinski definition) is 1. The van der Waals surface area contributed by atoms with Crippen LogP contribution in [0.3, 0.4) is 0 Å². The van der Waals surface area contributed by atoms with Crippen molar-refractivity contribution in [1.82, 2.24) is 4.98 Å². The first-order chi connectivity index (χ1) is 8.04. The fourth-order valence-corrected chi connectivity index (χ4v) is 2.18. The molecule has 0 aliphatic rings. The molecule has 0 saturated carbocycles. The summed E-state index contributed by atoms with van der Waals surface area (Å²) in [5, 5.41) is 0. The summed E-state index contributed by atoms with van der Waals surface area (Å²) >= 11 is 0. The summed E-state index contributed by atoms with van der Waals surface area (Å²) in [4.78, 5) is 25.1. The summed E-state index contributed by atoms with van der Waals surface area (Å²) in [7, 11) is 0. The summed E-state index contributed by atoms with van der Waals surface area (Å²) in [5.74, 6) is 0.765. The normalized spacial score (nSPS) is 12.8. The van der Waals surface area contributed by atoms with Gasteiger partial charge in [0.25, 0.3) is 0 Å². The predicted octanol–water partition coefficient (Wildman–Crippen LogP) is 3.35. The zero-order valence-corrected chi connectivity index (χ0v) is 11.0. The van der Waals surface area contributed by atoms with E-state index in [-0.39, 0.29) is 0 Å². The van der Waals surface area contributed by atoms with Gasteiger partial charge in [-0.15, -0.1) is 0 Å². The molecule has 3 nitrogen and oxygen atoms in total. The van der Waals surface area contributed by atoms with Crippen molar-refractivity contribution in [3.63, 3.8) is 0 Å². The van der Waals surface area contributed by atoms with E-state index in [1.54, 1.807) is 0 Å². The molecule has 0 bridgehead atoms. The Kier molecular flexibility index (Phi) is 4.67. The zero-order chi connectivity index (χ0) is 13.0. The molecule has 17 heavy (non-hydrogen) atoms. The maximum absolute atomic E-state index is 11.1. The maximum atomic E-state index is 11.1. The lowest BCUT2D eigenvalue weighted by Gasteiger charge is -2.13. The number of hydrogen-bond acceptors (Lipinski definition) is 2. The molecule has 1 rings (SSSR count). The van der Waals surface area contributed by atoms with Gasteiger partial charge < -0.3 is 4.98 Å². The second-order valence-electron chi connectivity index (χ2n) is 4.99. The quantitative estimate of drug-likeness (QED) is 0.769. The number of rotatable bonds is 6. The molecular formula is C14H21NO2. The van der Waals surface area contributed by atoms with Crippen LogP contribution in [0.1, 0.15) is 72.1 Å². The topological polar surface area (TPSA) is 49.9 Å². The molecule has 94 valence electrons. The van der Waals surface area contributed by atoms with Crippen LogP contribution in [0.25, 0.3) is 0 Å². The van der Waals surface area contributed by atoms with Crippen LogP contribution in [0.2, 0.25) is 0 Å². The van der Waals surface area contributed by atoms with Crippen molar-refractivity contribution in [3.8, 4) is 0 Å². The Bertz CT molecular complexity index is 405. The molecule has 0 amide bonds. The van der Waals surface area contributed by atoms with E-state index in [4.69, 9.17) is 0 Å². The molecule has 0 spiro atoms. The zero-order valence-electron chi connectivity index (χ0n) is 11.0. The second kappa shape index (κ2) is 5.80. The summed E-state index contributed by atoms with van der Waals surface area (Å²) in [6, 6.07) is 0. The van der Waals surface area contributed by atoms with Gasteiger partial charge in [-0.2, -0.15) is 0 Å². The van der Waals surface area contributed by atoms with Crippen molar-refractivity contribution in [2.45, 2.75) is 46.5 Å². The molecule has 0 saturated heterocycles. The van der Waals surface area contributed by atoms with E-state index < -0.39 is 0 Å². The van der Waals surface area contributed by atoms with Gasteiger partial charge in [-0.3, -0.25) is 9.59 Å². The first-order valence-electron chi connectivity index (χ1n) is 6.20. The van der Waals surface area contributed by atoms with Crippen LogP contribution in [-0.4, -0.2) is 17.6 Å². The van der Waals surface area contributed by atoms with Crippen LogP contribution in [0.15, 0.2) is 0 Å². The lowest BCUT2D eigenvalue weighted by molar-refractivity contribution is 0.111. The van der Waals surface area contributed by atoms with Gasteiger partial charge in [-0.05, 0) is 35.8 Å². The molecule has 0 aliphatic carbocycles. The highest BCUT2D eigenvalue weighted by atomic mass is 16.1. The van der Waals surface area contributed by atoms with Crippen LogP contribution in [0, 0.1) is 5.92 Å². The molecule has 3 heteroatoms. The average molecular weight is 235 g/mol. The van der Waals surface area contributed by atoms with Crippen molar-refractivity contribution in [2.75, 3.05) is 0 Å². The number of H-pyrrole nitrogens is 1. The molecule has 1 aromatic rings. The monoisotopic (exact) mass is 235 g/mol. The number of aromatic nitrogens is 1. The van der Waals surface area contributed by atoms with Gasteiger partial charge in [0.15, 0.2) is 12.6 Å². The van der Waals surface area contributed by atoms with Crippen molar-refractivity contribution >= 4 is 12.6 Å². The van der Waals surface area contributed by atoms with Crippen molar-refractivity contribution in [2.24, 2.45) is 5.92 Å². The first-order valence-corrected chi connectivity index (χ1v) is 6.20. The van der Waals surface area contributed by atoms with Gasteiger partial charge in [0.1, 0.15) is 0 Å². The van der Waals surface area contributed by atoms with Gasteiger partial charge >= 0.3 is 0 Å². The fourth-order valence-electron chi connectivity index (χ4n) is 2.18. The standard InChI is InChI=1S/C14H21NO2/c1-5-10(4)14-11(6-9(2)3)12(7-16)15-13(14)8-17/h7-10,15H,5-6H2,1-4H3. The van der Waals surface area contributed by atoms with Crippen LogP contribution in [0.4, 0.5) is 0 Å². The summed E-state index contributed by atoms with van der Waals surface area (Å²) in [5.41, 5.74) is 3.18. The number of carbonyl (C=O) groups is 2. The van der Waals surface area contributed by atoms with E-state index in [2.05, 4.69) is 32.7 Å². The Morgan fingerprint density at radius 3 is 2.12 bits per heavy atom.